The maximum Gasteiger partial charge on any atom is 0.173 e. The molecule has 21 heavy (non-hydrogen) atoms. The van der Waals surface area contributed by atoms with E-state index in [0.29, 0.717) is 0 Å². The minimum atomic E-state index is -0.0133. The molecule has 2 aromatic heterocycles. The molecule has 0 amide bonds. The molecule has 0 aliphatic carbocycles. The molecule has 1 N–H and O–H groups in total. The quantitative estimate of drug-likeness (QED) is 0.572. The van der Waals surface area contributed by atoms with Gasteiger partial charge in [-0.2, -0.15) is 0 Å². The highest BCUT2D eigenvalue weighted by molar-refractivity contribution is 14.1. The third-order valence-electron chi connectivity index (χ3n) is 2.92. The molecular formula is C15H19BrIN3S. The molecule has 6 heteroatoms. The van der Waals surface area contributed by atoms with Crippen LogP contribution in [-0.2, 0) is 5.41 Å². The predicted octanol–water partition coefficient (Wildman–Crippen LogP) is 5.69. The number of aromatic nitrogens is 2. The molecule has 0 radical (unpaired) electrons. The van der Waals surface area contributed by atoms with Crippen molar-refractivity contribution in [1.29, 1.82) is 0 Å². The molecule has 2 aromatic rings. The number of anilines is 1. The topological polar surface area (TPSA) is 37.8 Å². The molecule has 0 unspecified atom stereocenters. The van der Waals surface area contributed by atoms with Crippen molar-refractivity contribution in [2.24, 2.45) is 0 Å². The van der Waals surface area contributed by atoms with Crippen molar-refractivity contribution in [3.8, 4) is 10.7 Å². The monoisotopic (exact) mass is 479 g/mol. The fraction of sp³-hybridized carbons (Fsp3) is 0.467. The Morgan fingerprint density at radius 2 is 2.05 bits per heavy atom. The maximum atomic E-state index is 4.84. The van der Waals surface area contributed by atoms with E-state index in [-0.39, 0.29) is 5.41 Å². The molecule has 0 bridgehead atoms. The van der Waals surface area contributed by atoms with Gasteiger partial charge >= 0.3 is 0 Å². The second kappa shape index (κ2) is 6.91. The van der Waals surface area contributed by atoms with Crippen LogP contribution in [0.1, 0.15) is 39.8 Å². The summed E-state index contributed by atoms with van der Waals surface area (Å²) in [6.45, 7) is 9.64. The van der Waals surface area contributed by atoms with Gasteiger partial charge in [0, 0.05) is 16.4 Å². The van der Waals surface area contributed by atoms with Crippen LogP contribution in [-0.4, -0.2) is 16.5 Å². The van der Waals surface area contributed by atoms with Gasteiger partial charge in [0.1, 0.15) is 5.82 Å². The Morgan fingerprint density at radius 1 is 1.33 bits per heavy atom. The number of halogens is 2. The van der Waals surface area contributed by atoms with E-state index >= 15 is 0 Å². The first-order valence-electron chi connectivity index (χ1n) is 6.89. The zero-order chi connectivity index (χ0) is 15.6. The molecule has 0 saturated heterocycles. The van der Waals surface area contributed by atoms with E-state index in [2.05, 4.69) is 76.9 Å². The van der Waals surface area contributed by atoms with Gasteiger partial charge in [0.2, 0.25) is 0 Å². The molecule has 2 heterocycles. The Labute approximate surface area is 152 Å². The summed E-state index contributed by atoms with van der Waals surface area (Å²) in [5, 5.41) is 5.48. The highest BCUT2D eigenvalue weighted by atomic mass is 127. The lowest BCUT2D eigenvalue weighted by Gasteiger charge is -2.22. The Balaban J connectivity index is 2.59. The third-order valence-corrected chi connectivity index (χ3v) is 5.78. The Morgan fingerprint density at radius 3 is 2.57 bits per heavy atom. The maximum absolute atomic E-state index is 4.84. The lowest BCUT2D eigenvalue weighted by Crippen LogP contribution is -2.19. The standard InChI is InChI=1S/C15H19BrIN3S/c1-5-7-18-13-10(17)12(15(2,3)4)19-14(20-13)11-9(16)6-8-21-11/h6,8H,5,7H2,1-4H3,(H,18,19,20). The largest absolute Gasteiger partial charge is 0.369 e. The fourth-order valence-corrected chi connectivity index (χ4v) is 4.58. The number of nitrogens with zero attached hydrogens (tertiary/aromatic N) is 2. The SMILES string of the molecule is CCCNc1nc(-c2sccc2Br)nc(C(C)(C)C)c1I. The zero-order valence-corrected chi connectivity index (χ0v) is 17.2. The van der Waals surface area contributed by atoms with Crippen LogP contribution in [0.15, 0.2) is 15.9 Å². The summed E-state index contributed by atoms with van der Waals surface area (Å²) < 4.78 is 2.17. The van der Waals surface area contributed by atoms with Crippen LogP contribution in [0.3, 0.4) is 0 Å². The van der Waals surface area contributed by atoms with Crippen LogP contribution in [0.25, 0.3) is 10.7 Å². The number of rotatable bonds is 4. The normalized spacial score (nSPS) is 11.7. The minimum Gasteiger partial charge on any atom is -0.369 e. The van der Waals surface area contributed by atoms with Gasteiger partial charge in [-0.25, -0.2) is 9.97 Å². The van der Waals surface area contributed by atoms with Crippen molar-refractivity contribution in [2.75, 3.05) is 11.9 Å². The average molecular weight is 480 g/mol. The van der Waals surface area contributed by atoms with E-state index in [1.165, 1.54) is 0 Å². The van der Waals surface area contributed by atoms with Crippen molar-refractivity contribution in [3.63, 3.8) is 0 Å². The van der Waals surface area contributed by atoms with Crippen LogP contribution >= 0.6 is 49.9 Å². The molecule has 2 rings (SSSR count). The second-order valence-electron chi connectivity index (χ2n) is 5.83. The highest BCUT2D eigenvalue weighted by Crippen LogP contribution is 2.36. The lowest BCUT2D eigenvalue weighted by atomic mass is 9.92. The van der Waals surface area contributed by atoms with Crippen molar-refractivity contribution in [1.82, 2.24) is 9.97 Å². The average Bonchev–Trinajstić information content (AvgIpc) is 2.82. The van der Waals surface area contributed by atoms with Gasteiger partial charge in [0.25, 0.3) is 0 Å². The molecule has 0 aliphatic heterocycles. The minimum absolute atomic E-state index is 0.0133. The van der Waals surface area contributed by atoms with Gasteiger partial charge in [-0.05, 0) is 56.4 Å². The first-order valence-corrected chi connectivity index (χ1v) is 9.65. The summed E-state index contributed by atoms with van der Waals surface area (Å²) in [6, 6.07) is 2.04. The molecular weight excluding hydrogens is 461 g/mol. The van der Waals surface area contributed by atoms with Crippen molar-refractivity contribution in [2.45, 2.75) is 39.5 Å². The highest BCUT2D eigenvalue weighted by Gasteiger charge is 2.24. The van der Waals surface area contributed by atoms with Gasteiger partial charge in [0.05, 0.1) is 14.1 Å². The first-order chi connectivity index (χ1) is 9.84. The fourth-order valence-electron chi connectivity index (χ4n) is 1.86. The number of hydrogen-bond donors (Lipinski definition) is 1. The van der Waals surface area contributed by atoms with Gasteiger partial charge < -0.3 is 5.32 Å². The van der Waals surface area contributed by atoms with E-state index < -0.39 is 0 Å². The number of nitrogens with one attached hydrogen (secondary N) is 1. The van der Waals surface area contributed by atoms with E-state index in [0.717, 1.165) is 43.2 Å². The molecule has 114 valence electrons. The van der Waals surface area contributed by atoms with Gasteiger partial charge in [-0.15, -0.1) is 11.3 Å². The molecule has 0 saturated carbocycles. The van der Waals surface area contributed by atoms with E-state index in [9.17, 15) is 0 Å². The molecule has 0 aromatic carbocycles. The van der Waals surface area contributed by atoms with E-state index in [1.54, 1.807) is 11.3 Å². The second-order valence-corrected chi connectivity index (χ2v) is 8.68. The van der Waals surface area contributed by atoms with Gasteiger partial charge in [-0.1, -0.05) is 27.7 Å². The van der Waals surface area contributed by atoms with Crippen molar-refractivity contribution < 1.29 is 0 Å². The Bertz CT molecular complexity index is 634. The van der Waals surface area contributed by atoms with Crippen LogP contribution in [0.2, 0.25) is 0 Å². The third kappa shape index (κ3) is 3.96. The van der Waals surface area contributed by atoms with Crippen LogP contribution in [0.5, 0.6) is 0 Å². The summed E-state index contributed by atoms with van der Waals surface area (Å²) in [5.74, 6) is 1.73. The van der Waals surface area contributed by atoms with Crippen molar-refractivity contribution in [3.05, 3.63) is 25.2 Å². The smallest absolute Gasteiger partial charge is 0.173 e. The van der Waals surface area contributed by atoms with Crippen LogP contribution < -0.4 is 5.32 Å². The molecule has 0 atom stereocenters. The summed E-state index contributed by atoms with van der Waals surface area (Å²) >= 11 is 7.59. The van der Waals surface area contributed by atoms with Gasteiger partial charge in [0.15, 0.2) is 5.82 Å². The van der Waals surface area contributed by atoms with Crippen molar-refractivity contribution >= 4 is 55.7 Å². The molecule has 3 nitrogen and oxygen atoms in total. The Kier molecular flexibility index (Phi) is 5.65. The molecule has 0 spiro atoms. The summed E-state index contributed by atoms with van der Waals surface area (Å²) in [7, 11) is 0. The van der Waals surface area contributed by atoms with Gasteiger partial charge in [-0.3, -0.25) is 0 Å². The van der Waals surface area contributed by atoms with Crippen LogP contribution in [0.4, 0.5) is 5.82 Å². The van der Waals surface area contributed by atoms with Crippen LogP contribution in [0, 0.1) is 3.57 Å². The first kappa shape index (κ1) is 17.1. The summed E-state index contributed by atoms with van der Waals surface area (Å²) in [4.78, 5) is 10.7. The summed E-state index contributed by atoms with van der Waals surface area (Å²) in [6.07, 6.45) is 1.07. The Hall–Kier alpha value is -0.210. The van der Waals surface area contributed by atoms with E-state index in [4.69, 9.17) is 9.97 Å². The zero-order valence-electron chi connectivity index (χ0n) is 12.6. The predicted molar refractivity (Wildman–Crippen MR) is 103 cm³/mol. The summed E-state index contributed by atoms with van der Waals surface area (Å²) in [5.41, 5.74) is 1.08. The molecule has 0 fully saturated rings. The number of thiophene rings is 1. The molecule has 0 aliphatic rings. The van der Waals surface area contributed by atoms with E-state index in [1.807, 2.05) is 6.07 Å². The number of hydrogen-bond acceptors (Lipinski definition) is 4. The lowest BCUT2D eigenvalue weighted by molar-refractivity contribution is 0.564.